The van der Waals surface area contributed by atoms with E-state index in [4.69, 9.17) is 9.15 Å². The minimum absolute atomic E-state index is 0.150. The van der Waals surface area contributed by atoms with Crippen molar-refractivity contribution in [3.63, 3.8) is 0 Å². The number of carbonyl (C=O) groups is 1. The third-order valence-electron chi connectivity index (χ3n) is 3.13. The molecule has 0 unspecified atom stereocenters. The van der Waals surface area contributed by atoms with E-state index in [9.17, 15) is 4.79 Å². The SMILES string of the molecule is COC(=O)c1ccc(OCc2nnc(-c3ccccc3)o2)cc1. The largest absolute Gasteiger partial charge is 0.484 e. The molecular formula is C17H14N2O4. The number of hydrogen-bond donors (Lipinski definition) is 0. The lowest BCUT2D eigenvalue weighted by Crippen LogP contribution is -2.01. The van der Waals surface area contributed by atoms with Crippen molar-refractivity contribution in [2.24, 2.45) is 0 Å². The van der Waals surface area contributed by atoms with Crippen LogP contribution in [0.5, 0.6) is 5.75 Å². The van der Waals surface area contributed by atoms with Crippen molar-refractivity contribution >= 4 is 5.97 Å². The Hall–Kier alpha value is -3.15. The second kappa shape index (κ2) is 6.74. The molecule has 3 rings (SSSR count). The Morgan fingerprint density at radius 1 is 1.04 bits per heavy atom. The van der Waals surface area contributed by atoms with Gasteiger partial charge in [0.1, 0.15) is 5.75 Å². The second-order valence-corrected chi connectivity index (χ2v) is 4.67. The highest BCUT2D eigenvalue weighted by Gasteiger charge is 2.09. The van der Waals surface area contributed by atoms with E-state index in [1.54, 1.807) is 24.3 Å². The van der Waals surface area contributed by atoms with Crippen molar-refractivity contribution in [1.29, 1.82) is 0 Å². The molecule has 0 radical (unpaired) electrons. The summed E-state index contributed by atoms with van der Waals surface area (Å²) in [5, 5.41) is 7.94. The van der Waals surface area contributed by atoms with Gasteiger partial charge in [0.25, 0.3) is 5.89 Å². The van der Waals surface area contributed by atoms with Gasteiger partial charge in [-0.25, -0.2) is 4.79 Å². The van der Waals surface area contributed by atoms with Crippen LogP contribution in [-0.4, -0.2) is 23.3 Å². The van der Waals surface area contributed by atoms with E-state index in [2.05, 4.69) is 14.9 Å². The van der Waals surface area contributed by atoms with Gasteiger partial charge in [-0.05, 0) is 36.4 Å². The molecule has 6 heteroatoms. The van der Waals surface area contributed by atoms with Gasteiger partial charge in [-0.2, -0.15) is 0 Å². The number of hydrogen-bond acceptors (Lipinski definition) is 6. The number of nitrogens with zero attached hydrogens (tertiary/aromatic N) is 2. The molecule has 116 valence electrons. The summed E-state index contributed by atoms with van der Waals surface area (Å²) in [6.07, 6.45) is 0. The Morgan fingerprint density at radius 2 is 1.78 bits per heavy atom. The lowest BCUT2D eigenvalue weighted by molar-refractivity contribution is 0.0600. The van der Waals surface area contributed by atoms with E-state index < -0.39 is 0 Å². The van der Waals surface area contributed by atoms with Crippen LogP contribution in [0.15, 0.2) is 59.0 Å². The third kappa shape index (κ3) is 3.55. The summed E-state index contributed by atoms with van der Waals surface area (Å²) in [4.78, 5) is 11.3. The van der Waals surface area contributed by atoms with E-state index in [-0.39, 0.29) is 12.6 Å². The summed E-state index contributed by atoms with van der Waals surface area (Å²) in [6, 6.07) is 16.1. The molecule has 0 aliphatic heterocycles. The maximum absolute atomic E-state index is 11.3. The number of esters is 1. The van der Waals surface area contributed by atoms with Crippen LogP contribution >= 0.6 is 0 Å². The maximum Gasteiger partial charge on any atom is 0.337 e. The fraction of sp³-hybridized carbons (Fsp3) is 0.118. The first-order valence-electron chi connectivity index (χ1n) is 6.95. The molecule has 2 aromatic carbocycles. The summed E-state index contributed by atoms with van der Waals surface area (Å²) in [7, 11) is 1.34. The number of rotatable bonds is 5. The Balaban J connectivity index is 1.63. The normalized spacial score (nSPS) is 10.3. The molecule has 0 saturated heterocycles. The molecule has 0 aliphatic rings. The second-order valence-electron chi connectivity index (χ2n) is 4.67. The minimum Gasteiger partial charge on any atom is -0.484 e. The number of ether oxygens (including phenoxy) is 2. The monoisotopic (exact) mass is 310 g/mol. The highest BCUT2D eigenvalue weighted by molar-refractivity contribution is 5.89. The van der Waals surface area contributed by atoms with Gasteiger partial charge in [0.05, 0.1) is 12.7 Å². The zero-order valence-corrected chi connectivity index (χ0v) is 12.4. The molecule has 0 N–H and O–H groups in total. The first-order valence-corrected chi connectivity index (χ1v) is 6.95. The van der Waals surface area contributed by atoms with Crippen LogP contribution in [0.1, 0.15) is 16.2 Å². The van der Waals surface area contributed by atoms with Crippen LogP contribution in [0, 0.1) is 0 Å². The standard InChI is InChI=1S/C17H14N2O4/c1-21-17(20)13-7-9-14(10-8-13)22-11-15-18-19-16(23-15)12-5-3-2-4-6-12/h2-10H,11H2,1H3. The molecule has 0 fully saturated rings. The van der Waals surface area contributed by atoms with Crippen molar-refractivity contribution in [2.75, 3.05) is 7.11 Å². The number of methoxy groups -OCH3 is 1. The van der Waals surface area contributed by atoms with Crippen LogP contribution in [0.25, 0.3) is 11.5 Å². The topological polar surface area (TPSA) is 74.5 Å². The molecule has 0 spiro atoms. The van der Waals surface area contributed by atoms with Gasteiger partial charge in [-0.1, -0.05) is 18.2 Å². The quantitative estimate of drug-likeness (QED) is 0.674. The molecule has 1 aromatic heterocycles. The van der Waals surface area contributed by atoms with Gasteiger partial charge in [0.2, 0.25) is 5.89 Å². The fourth-order valence-corrected chi connectivity index (χ4v) is 1.96. The average molecular weight is 310 g/mol. The molecular weight excluding hydrogens is 296 g/mol. The molecule has 0 saturated carbocycles. The summed E-state index contributed by atoms with van der Waals surface area (Å²) in [5.74, 6) is 1.03. The van der Waals surface area contributed by atoms with Crippen LogP contribution in [0.4, 0.5) is 0 Å². The van der Waals surface area contributed by atoms with E-state index in [0.717, 1.165) is 5.56 Å². The van der Waals surface area contributed by atoms with Crippen LogP contribution in [0.3, 0.4) is 0 Å². The van der Waals surface area contributed by atoms with E-state index in [1.165, 1.54) is 7.11 Å². The van der Waals surface area contributed by atoms with Crippen molar-refractivity contribution in [2.45, 2.75) is 6.61 Å². The van der Waals surface area contributed by atoms with Gasteiger partial charge in [-0.15, -0.1) is 10.2 Å². The van der Waals surface area contributed by atoms with Gasteiger partial charge in [0.15, 0.2) is 6.61 Å². The zero-order chi connectivity index (χ0) is 16.1. The minimum atomic E-state index is -0.388. The first-order chi connectivity index (χ1) is 11.3. The highest BCUT2D eigenvalue weighted by Crippen LogP contribution is 2.18. The summed E-state index contributed by atoms with van der Waals surface area (Å²) >= 11 is 0. The number of aromatic nitrogens is 2. The van der Waals surface area contributed by atoms with Crippen molar-refractivity contribution in [1.82, 2.24) is 10.2 Å². The van der Waals surface area contributed by atoms with Crippen LogP contribution in [-0.2, 0) is 11.3 Å². The number of carbonyl (C=O) groups excluding carboxylic acids is 1. The van der Waals surface area contributed by atoms with Crippen LogP contribution in [0.2, 0.25) is 0 Å². The Bertz CT molecular complexity index is 782. The lowest BCUT2D eigenvalue weighted by Gasteiger charge is -2.04. The molecule has 3 aromatic rings. The van der Waals surface area contributed by atoms with Crippen molar-refractivity contribution < 1.29 is 18.7 Å². The molecule has 23 heavy (non-hydrogen) atoms. The smallest absolute Gasteiger partial charge is 0.337 e. The van der Waals surface area contributed by atoms with Gasteiger partial charge in [0, 0.05) is 5.56 Å². The predicted molar refractivity (Wildman–Crippen MR) is 81.8 cm³/mol. The summed E-state index contributed by atoms with van der Waals surface area (Å²) in [5.41, 5.74) is 1.32. The summed E-state index contributed by atoms with van der Waals surface area (Å²) < 4.78 is 15.7. The molecule has 0 bridgehead atoms. The van der Waals surface area contributed by atoms with Crippen LogP contribution < -0.4 is 4.74 Å². The van der Waals surface area contributed by atoms with Gasteiger partial charge < -0.3 is 13.9 Å². The average Bonchev–Trinajstić information content (AvgIpc) is 3.09. The van der Waals surface area contributed by atoms with Gasteiger partial charge >= 0.3 is 5.97 Å². The lowest BCUT2D eigenvalue weighted by atomic mass is 10.2. The molecule has 0 atom stereocenters. The zero-order valence-electron chi connectivity index (χ0n) is 12.4. The van der Waals surface area contributed by atoms with E-state index in [0.29, 0.717) is 23.1 Å². The summed E-state index contributed by atoms with van der Waals surface area (Å²) in [6.45, 7) is 0.150. The van der Waals surface area contributed by atoms with E-state index >= 15 is 0 Å². The van der Waals surface area contributed by atoms with Crippen molar-refractivity contribution in [3.8, 4) is 17.2 Å². The molecule has 6 nitrogen and oxygen atoms in total. The maximum atomic E-state index is 11.3. The molecule has 0 aliphatic carbocycles. The fourth-order valence-electron chi connectivity index (χ4n) is 1.96. The Morgan fingerprint density at radius 3 is 2.48 bits per heavy atom. The first kappa shape index (κ1) is 14.8. The van der Waals surface area contributed by atoms with Crippen molar-refractivity contribution in [3.05, 3.63) is 66.1 Å². The molecule has 0 amide bonds. The Kier molecular flexibility index (Phi) is 4.33. The molecule has 1 heterocycles. The third-order valence-corrected chi connectivity index (χ3v) is 3.13. The number of benzene rings is 2. The Labute approximate surface area is 132 Å². The van der Waals surface area contributed by atoms with Gasteiger partial charge in [-0.3, -0.25) is 0 Å². The van der Waals surface area contributed by atoms with E-state index in [1.807, 2.05) is 30.3 Å². The predicted octanol–water partition coefficient (Wildman–Crippen LogP) is 3.10. The highest BCUT2D eigenvalue weighted by atomic mass is 16.5.